The summed E-state index contributed by atoms with van der Waals surface area (Å²) < 4.78 is 0. The molecule has 0 unspecified atom stereocenters. The predicted molar refractivity (Wildman–Crippen MR) is 126 cm³/mol. The monoisotopic (exact) mass is 445 g/mol. The summed E-state index contributed by atoms with van der Waals surface area (Å²) in [5.74, 6) is -0.254. The van der Waals surface area contributed by atoms with E-state index in [1.54, 1.807) is 30.3 Å². The second-order valence-electron chi connectivity index (χ2n) is 8.66. The van der Waals surface area contributed by atoms with E-state index in [4.69, 9.17) is 5.73 Å². The number of aromatic nitrogens is 2. The van der Waals surface area contributed by atoms with Crippen LogP contribution in [0.25, 0.3) is 11.4 Å². The van der Waals surface area contributed by atoms with Crippen LogP contribution >= 0.6 is 0 Å². The van der Waals surface area contributed by atoms with E-state index in [0.717, 1.165) is 18.4 Å². The Hall–Kier alpha value is -3.94. The van der Waals surface area contributed by atoms with Gasteiger partial charge in [0, 0.05) is 34.3 Å². The van der Waals surface area contributed by atoms with E-state index in [9.17, 15) is 14.4 Å². The molecule has 5 N–H and O–H groups in total. The van der Waals surface area contributed by atoms with E-state index >= 15 is 0 Å². The van der Waals surface area contributed by atoms with Gasteiger partial charge in [0.15, 0.2) is 5.69 Å². The number of hydrogen-bond donors (Lipinski definition) is 4. The highest BCUT2D eigenvalue weighted by Crippen LogP contribution is 2.26. The summed E-state index contributed by atoms with van der Waals surface area (Å²) in [5.41, 5.74) is 8.97. The number of nitrogen functional groups attached to an aromatic ring is 1. The zero-order chi connectivity index (χ0) is 23.7. The summed E-state index contributed by atoms with van der Waals surface area (Å²) in [6.45, 7) is 5.63. The number of nitrogens with one attached hydrogen (secondary N) is 3. The van der Waals surface area contributed by atoms with Crippen LogP contribution in [0.2, 0.25) is 0 Å². The zero-order valence-electron chi connectivity index (χ0n) is 18.9. The molecule has 0 atom stereocenters. The third-order valence-electron chi connectivity index (χ3n) is 5.42. The number of aromatic amines is 1. The first-order chi connectivity index (χ1) is 15.7. The number of amides is 2. The first kappa shape index (κ1) is 22.3. The van der Waals surface area contributed by atoms with Gasteiger partial charge in [0.25, 0.3) is 11.8 Å². The lowest BCUT2D eigenvalue weighted by molar-refractivity contribution is 0.0937. The smallest absolute Gasteiger partial charge is 0.251 e. The summed E-state index contributed by atoms with van der Waals surface area (Å²) in [6.07, 6.45) is 2.01. The van der Waals surface area contributed by atoms with Gasteiger partial charge in [-0.2, -0.15) is 0 Å². The van der Waals surface area contributed by atoms with E-state index < -0.39 is 5.78 Å². The number of ketones is 1. The topological polar surface area (TPSA) is 130 Å². The lowest BCUT2D eigenvalue weighted by atomic mass is 10.0. The van der Waals surface area contributed by atoms with Crippen molar-refractivity contribution in [2.45, 2.75) is 45.7 Å². The van der Waals surface area contributed by atoms with Gasteiger partial charge >= 0.3 is 0 Å². The SMILES string of the molecule is Cc1ccc(C(=O)NC2CC2)cc1-c1nc(C(=O)c2cccc(C(=O)NC(C)C)c2)c(N)[nH]1. The molecule has 1 aliphatic rings. The van der Waals surface area contributed by atoms with Crippen LogP contribution < -0.4 is 16.4 Å². The molecule has 1 aliphatic carbocycles. The second kappa shape index (κ2) is 8.90. The maximum atomic E-state index is 13.1. The molecule has 8 heteroatoms. The van der Waals surface area contributed by atoms with Gasteiger partial charge in [0.2, 0.25) is 5.78 Å². The highest BCUT2D eigenvalue weighted by Gasteiger charge is 2.25. The van der Waals surface area contributed by atoms with Crippen molar-refractivity contribution in [1.82, 2.24) is 20.6 Å². The molecule has 0 saturated heterocycles. The van der Waals surface area contributed by atoms with Crippen LogP contribution in [0.15, 0.2) is 42.5 Å². The molecule has 1 aromatic heterocycles. The number of nitrogens with zero attached hydrogens (tertiary/aromatic N) is 1. The number of aryl methyl sites for hydroxylation is 1. The quantitative estimate of drug-likeness (QED) is 0.415. The van der Waals surface area contributed by atoms with Crippen molar-refractivity contribution in [3.8, 4) is 11.4 Å². The van der Waals surface area contributed by atoms with Gasteiger partial charge in [-0.3, -0.25) is 14.4 Å². The largest absolute Gasteiger partial charge is 0.383 e. The van der Waals surface area contributed by atoms with Crippen LogP contribution in [0.3, 0.4) is 0 Å². The van der Waals surface area contributed by atoms with Crippen LogP contribution in [0, 0.1) is 6.92 Å². The van der Waals surface area contributed by atoms with Crippen LogP contribution in [-0.4, -0.2) is 39.6 Å². The third-order valence-corrected chi connectivity index (χ3v) is 5.42. The van der Waals surface area contributed by atoms with Gasteiger partial charge in [-0.05, 0) is 63.4 Å². The van der Waals surface area contributed by atoms with Gasteiger partial charge in [-0.25, -0.2) is 4.98 Å². The van der Waals surface area contributed by atoms with E-state index in [0.29, 0.717) is 28.1 Å². The number of anilines is 1. The first-order valence-corrected chi connectivity index (χ1v) is 11.0. The Bertz CT molecular complexity index is 1240. The molecule has 4 rings (SSSR count). The maximum absolute atomic E-state index is 13.1. The fourth-order valence-electron chi connectivity index (χ4n) is 3.49. The molecule has 0 bridgehead atoms. The van der Waals surface area contributed by atoms with E-state index in [2.05, 4.69) is 20.6 Å². The molecule has 1 fully saturated rings. The van der Waals surface area contributed by atoms with E-state index in [1.807, 2.05) is 26.8 Å². The van der Waals surface area contributed by atoms with E-state index in [1.165, 1.54) is 6.07 Å². The summed E-state index contributed by atoms with van der Waals surface area (Å²) in [4.78, 5) is 45.3. The standard InChI is InChI=1S/C25H27N5O3/c1-13(2)27-24(32)16-6-4-5-15(11-16)21(31)20-22(26)30-23(29-20)19-12-17(8-7-14(19)3)25(33)28-18-9-10-18/h4-8,11-13,18H,9-10,26H2,1-3H3,(H,27,32)(H,28,33)(H,29,30). The summed E-state index contributed by atoms with van der Waals surface area (Å²) in [7, 11) is 0. The Balaban J connectivity index is 1.62. The summed E-state index contributed by atoms with van der Waals surface area (Å²) in [5, 5.41) is 5.78. The van der Waals surface area contributed by atoms with Crippen LogP contribution in [0.1, 0.15) is 69.0 Å². The molecule has 8 nitrogen and oxygen atoms in total. The van der Waals surface area contributed by atoms with Crippen molar-refractivity contribution in [3.63, 3.8) is 0 Å². The van der Waals surface area contributed by atoms with Crippen molar-refractivity contribution in [2.24, 2.45) is 0 Å². The molecule has 1 heterocycles. The highest BCUT2D eigenvalue weighted by molar-refractivity contribution is 6.11. The normalized spacial score (nSPS) is 13.1. The molecule has 2 amide bonds. The van der Waals surface area contributed by atoms with Gasteiger partial charge < -0.3 is 21.4 Å². The Morgan fingerprint density at radius 1 is 1.03 bits per heavy atom. The maximum Gasteiger partial charge on any atom is 0.251 e. The molecule has 0 aliphatic heterocycles. The van der Waals surface area contributed by atoms with Crippen LogP contribution in [-0.2, 0) is 0 Å². The minimum atomic E-state index is -0.394. The molecule has 1 saturated carbocycles. The van der Waals surface area contributed by atoms with Crippen molar-refractivity contribution >= 4 is 23.4 Å². The molecular weight excluding hydrogens is 418 g/mol. The van der Waals surface area contributed by atoms with Crippen molar-refractivity contribution in [3.05, 3.63) is 70.4 Å². The number of benzene rings is 2. The van der Waals surface area contributed by atoms with Crippen molar-refractivity contribution in [2.75, 3.05) is 5.73 Å². The predicted octanol–water partition coefficient (Wildman–Crippen LogP) is 3.23. The summed E-state index contributed by atoms with van der Waals surface area (Å²) in [6, 6.07) is 12.0. The average molecular weight is 446 g/mol. The second-order valence-corrected chi connectivity index (χ2v) is 8.66. The molecule has 0 radical (unpaired) electrons. The lowest BCUT2D eigenvalue weighted by Gasteiger charge is -2.09. The third kappa shape index (κ3) is 4.95. The molecule has 33 heavy (non-hydrogen) atoms. The minimum Gasteiger partial charge on any atom is -0.383 e. The number of imidazole rings is 1. The van der Waals surface area contributed by atoms with Gasteiger partial charge in [-0.1, -0.05) is 18.2 Å². The van der Waals surface area contributed by atoms with E-state index in [-0.39, 0.29) is 35.4 Å². The molecule has 2 aromatic carbocycles. The fourth-order valence-corrected chi connectivity index (χ4v) is 3.49. The molecule has 3 aromatic rings. The Kier molecular flexibility index (Phi) is 6.00. The first-order valence-electron chi connectivity index (χ1n) is 11.0. The van der Waals surface area contributed by atoms with Gasteiger partial charge in [0.05, 0.1) is 0 Å². The number of nitrogens with two attached hydrogens (primary N) is 1. The van der Waals surface area contributed by atoms with Crippen molar-refractivity contribution < 1.29 is 14.4 Å². The average Bonchev–Trinajstić information content (AvgIpc) is 3.51. The molecule has 0 spiro atoms. The fraction of sp³-hybridized carbons (Fsp3) is 0.280. The molecule has 170 valence electrons. The Labute approximate surface area is 192 Å². The number of H-pyrrole nitrogens is 1. The minimum absolute atomic E-state index is 0.0215. The van der Waals surface area contributed by atoms with Gasteiger partial charge in [0.1, 0.15) is 11.6 Å². The Morgan fingerprint density at radius 2 is 1.73 bits per heavy atom. The molecular formula is C25H27N5O3. The Morgan fingerprint density at radius 3 is 2.42 bits per heavy atom. The van der Waals surface area contributed by atoms with Gasteiger partial charge in [-0.15, -0.1) is 0 Å². The van der Waals surface area contributed by atoms with Crippen LogP contribution in [0.4, 0.5) is 5.82 Å². The zero-order valence-corrected chi connectivity index (χ0v) is 18.9. The highest BCUT2D eigenvalue weighted by atomic mass is 16.2. The lowest BCUT2D eigenvalue weighted by Crippen LogP contribution is -2.30. The van der Waals surface area contributed by atoms with Crippen LogP contribution in [0.5, 0.6) is 0 Å². The number of rotatable bonds is 7. The van der Waals surface area contributed by atoms with Crippen molar-refractivity contribution in [1.29, 1.82) is 0 Å². The number of hydrogen-bond acceptors (Lipinski definition) is 5. The summed E-state index contributed by atoms with van der Waals surface area (Å²) >= 11 is 0. The number of carbonyl (C=O) groups is 3. The number of carbonyl (C=O) groups excluding carboxylic acids is 3.